The Morgan fingerprint density at radius 1 is 1.16 bits per heavy atom. The number of likely N-dealkylation sites (tertiary alicyclic amines) is 1. The van der Waals surface area contributed by atoms with Crippen LogP contribution in [-0.4, -0.2) is 37.6 Å². The van der Waals surface area contributed by atoms with Crippen molar-refractivity contribution < 1.29 is 9.53 Å². The van der Waals surface area contributed by atoms with E-state index in [9.17, 15) is 4.79 Å². The predicted molar refractivity (Wildman–Crippen MR) is 101 cm³/mol. The molecule has 0 unspecified atom stereocenters. The van der Waals surface area contributed by atoms with Crippen molar-refractivity contribution in [1.82, 2.24) is 10.2 Å². The van der Waals surface area contributed by atoms with E-state index in [1.54, 1.807) is 7.05 Å². The number of amides is 1. The van der Waals surface area contributed by atoms with Crippen LogP contribution in [0.1, 0.15) is 31.4 Å². The second kappa shape index (κ2) is 8.17. The summed E-state index contributed by atoms with van der Waals surface area (Å²) < 4.78 is 5.72. The lowest BCUT2D eigenvalue weighted by Crippen LogP contribution is -2.25. The van der Waals surface area contributed by atoms with Crippen LogP contribution in [0.3, 0.4) is 0 Å². The van der Waals surface area contributed by atoms with Gasteiger partial charge in [0.2, 0.25) is 0 Å². The van der Waals surface area contributed by atoms with Gasteiger partial charge in [0.25, 0.3) is 5.91 Å². The van der Waals surface area contributed by atoms with Gasteiger partial charge in [-0.15, -0.1) is 0 Å². The molecule has 0 spiro atoms. The van der Waals surface area contributed by atoms with Crippen LogP contribution in [0.4, 0.5) is 0 Å². The largest absolute Gasteiger partial charge is 0.483 e. The van der Waals surface area contributed by atoms with Gasteiger partial charge in [0, 0.05) is 18.7 Å². The highest BCUT2D eigenvalue weighted by molar-refractivity contribution is 5.78. The summed E-state index contributed by atoms with van der Waals surface area (Å²) in [7, 11) is 1.61. The fourth-order valence-electron chi connectivity index (χ4n) is 3.35. The number of hydrogen-bond acceptors (Lipinski definition) is 3. The number of hydrogen-bond donors (Lipinski definition) is 1. The molecule has 1 saturated heterocycles. The Morgan fingerprint density at radius 2 is 1.92 bits per heavy atom. The van der Waals surface area contributed by atoms with E-state index in [4.69, 9.17) is 4.74 Å². The van der Waals surface area contributed by atoms with E-state index in [0.29, 0.717) is 6.04 Å². The highest BCUT2D eigenvalue weighted by atomic mass is 16.5. The molecule has 2 aromatic carbocycles. The van der Waals surface area contributed by atoms with E-state index in [2.05, 4.69) is 41.4 Å². The molecule has 0 radical (unpaired) electrons. The number of nitrogens with one attached hydrogen (secondary N) is 1. The van der Waals surface area contributed by atoms with Crippen molar-refractivity contribution in [1.29, 1.82) is 0 Å². The fraction of sp³-hybridized carbons (Fsp3) is 0.381. The SMILES string of the molecule is CNC(=O)COc1ccccc1-c1cccc([C@H](C)N2CCCC2)c1. The molecule has 4 heteroatoms. The van der Waals surface area contributed by atoms with Crippen molar-refractivity contribution in [2.45, 2.75) is 25.8 Å². The van der Waals surface area contributed by atoms with Crippen molar-refractivity contribution in [3.63, 3.8) is 0 Å². The van der Waals surface area contributed by atoms with Gasteiger partial charge in [0.15, 0.2) is 6.61 Å². The number of para-hydroxylation sites is 1. The van der Waals surface area contributed by atoms with Gasteiger partial charge in [-0.3, -0.25) is 9.69 Å². The summed E-state index contributed by atoms with van der Waals surface area (Å²) in [5, 5.41) is 2.58. The van der Waals surface area contributed by atoms with Gasteiger partial charge in [-0.05, 0) is 56.1 Å². The van der Waals surface area contributed by atoms with E-state index in [1.165, 1.54) is 31.5 Å². The maximum Gasteiger partial charge on any atom is 0.257 e. The monoisotopic (exact) mass is 338 g/mol. The fourth-order valence-corrected chi connectivity index (χ4v) is 3.35. The van der Waals surface area contributed by atoms with Gasteiger partial charge in [-0.1, -0.05) is 36.4 Å². The summed E-state index contributed by atoms with van der Waals surface area (Å²) in [5.41, 5.74) is 3.46. The van der Waals surface area contributed by atoms with Crippen molar-refractivity contribution in [2.24, 2.45) is 0 Å². The number of likely N-dealkylation sites (N-methyl/N-ethyl adjacent to an activating group) is 1. The van der Waals surface area contributed by atoms with Gasteiger partial charge in [-0.25, -0.2) is 0 Å². The maximum absolute atomic E-state index is 11.5. The third-order valence-corrected chi connectivity index (χ3v) is 4.89. The second-order valence-corrected chi connectivity index (χ2v) is 6.50. The average molecular weight is 338 g/mol. The third kappa shape index (κ3) is 4.20. The number of carbonyl (C=O) groups is 1. The zero-order valence-electron chi connectivity index (χ0n) is 15.0. The van der Waals surface area contributed by atoms with Crippen LogP contribution in [0.5, 0.6) is 5.75 Å². The summed E-state index contributed by atoms with van der Waals surface area (Å²) >= 11 is 0. The molecule has 25 heavy (non-hydrogen) atoms. The van der Waals surface area contributed by atoms with E-state index >= 15 is 0 Å². The summed E-state index contributed by atoms with van der Waals surface area (Å²) in [5.74, 6) is 0.600. The molecule has 1 aliphatic heterocycles. The zero-order valence-corrected chi connectivity index (χ0v) is 15.0. The summed E-state index contributed by atoms with van der Waals surface area (Å²) in [6.07, 6.45) is 2.58. The van der Waals surface area contributed by atoms with Gasteiger partial charge in [0.1, 0.15) is 5.75 Å². The molecular weight excluding hydrogens is 312 g/mol. The van der Waals surface area contributed by atoms with Crippen molar-refractivity contribution in [3.8, 4) is 16.9 Å². The standard InChI is InChI=1S/C21H26N2O2/c1-16(23-12-5-6-13-23)17-8-7-9-18(14-17)19-10-3-4-11-20(19)25-15-21(24)22-2/h3-4,7-11,14,16H,5-6,12-13,15H2,1-2H3,(H,22,24)/t16-/m0/s1. The molecule has 1 amide bonds. The molecule has 2 aromatic rings. The number of benzene rings is 2. The molecule has 4 nitrogen and oxygen atoms in total. The third-order valence-electron chi connectivity index (χ3n) is 4.89. The smallest absolute Gasteiger partial charge is 0.257 e. The van der Waals surface area contributed by atoms with Crippen LogP contribution >= 0.6 is 0 Å². The van der Waals surface area contributed by atoms with Crippen LogP contribution in [0.15, 0.2) is 48.5 Å². The molecule has 1 fully saturated rings. The lowest BCUT2D eigenvalue weighted by Gasteiger charge is -2.24. The minimum absolute atomic E-state index is 0.0252. The maximum atomic E-state index is 11.5. The lowest BCUT2D eigenvalue weighted by molar-refractivity contribution is -0.122. The molecule has 3 rings (SSSR count). The van der Waals surface area contributed by atoms with Gasteiger partial charge in [0.05, 0.1) is 0 Å². The Morgan fingerprint density at radius 3 is 2.68 bits per heavy atom. The second-order valence-electron chi connectivity index (χ2n) is 6.50. The zero-order chi connectivity index (χ0) is 17.6. The van der Waals surface area contributed by atoms with Gasteiger partial charge >= 0.3 is 0 Å². The molecule has 0 saturated carbocycles. The van der Waals surface area contributed by atoms with E-state index in [-0.39, 0.29) is 12.5 Å². The van der Waals surface area contributed by atoms with Gasteiger partial charge < -0.3 is 10.1 Å². The van der Waals surface area contributed by atoms with Crippen LogP contribution < -0.4 is 10.1 Å². The first-order chi connectivity index (χ1) is 12.2. The predicted octanol–water partition coefficient (Wildman–Crippen LogP) is 3.64. The minimum atomic E-state index is -0.133. The molecule has 1 N–H and O–H groups in total. The summed E-state index contributed by atoms with van der Waals surface area (Å²) in [6.45, 7) is 4.66. The highest BCUT2D eigenvalue weighted by Gasteiger charge is 2.20. The molecule has 1 aliphatic rings. The van der Waals surface area contributed by atoms with E-state index < -0.39 is 0 Å². The number of ether oxygens (including phenoxy) is 1. The molecule has 0 aromatic heterocycles. The Balaban J connectivity index is 1.84. The average Bonchev–Trinajstić information content (AvgIpc) is 3.20. The molecule has 1 atom stereocenters. The first-order valence-electron chi connectivity index (χ1n) is 8.96. The summed E-state index contributed by atoms with van der Waals surface area (Å²) in [4.78, 5) is 14.0. The highest BCUT2D eigenvalue weighted by Crippen LogP contribution is 2.33. The van der Waals surface area contributed by atoms with Crippen LogP contribution in [0.25, 0.3) is 11.1 Å². The Labute approximate surface area is 149 Å². The Kier molecular flexibility index (Phi) is 5.71. The first kappa shape index (κ1) is 17.5. The molecular formula is C21H26N2O2. The molecule has 0 aliphatic carbocycles. The van der Waals surface area contributed by atoms with Crippen LogP contribution in [0.2, 0.25) is 0 Å². The normalized spacial score (nSPS) is 15.8. The summed E-state index contributed by atoms with van der Waals surface area (Å²) in [6, 6.07) is 16.9. The van der Waals surface area contributed by atoms with Crippen molar-refractivity contribution in [2.75, 3.05) is 26.7 Å². The van der Waals surface area contributed by atoms with E-state index in [0.717, 1.165) is 16.9 Å². The lowest BCUT2D eigenvalue weighted by atomic mass is 9.99. The minimum Gasteiger partial charge on any atom is -0.483 e. The van der Waals surface area contributed by atoms with Crippen molar-refractivity contribution >= 4 is 5.91 Å². The number of carbonyl (C=O) groups excluding carboxylic acids is 1. The first-order valence-corrected chi connectivity index (χ1v) is 8.96. The molecule has 132 valence electrons. The van der Waals surface area contributed by atoms with Crippen LogP contribution in [-0.2, 0) is 4.79 Å². The molecule has 0 bridgehead atoms. The number of rotatable bonds is 6. The Hall–Kier alpha value is -2.33. The quantitative estimate of drug-likeness (QED) is 0.874. The molecule has 1 heterocycles. The van der Waals surface area contributed by atoms with Gasteiger partial charge in [-0.2, -0.15) is 0 Å². The topological polar surface area (TPSA) is 41.6 Å². The van der Waals surface area contributed by atoms with Crippen molar-refractivity contribution in [3.05, 3.63) is 54.1 Å². The van der Waals surface area contributed by atoms with Crippen LogP contribution in [0, 0.1) is 0 Å². The number of nitrogens with zero attached hydrogens (tertiary/aromatic N) is 1. The van der Waals surface area contributed by atoms with E-state index in [1.807, 2.05) is 24.3 Å². The Bertz CT molecular complexity index is 723.